The van der Waals surface area contributed by atoms with Crippen molar-refractivity contribution in [2.24, 2.45) is 11.7 Å². The first-order chi connectivity index (χ1) is 7.49. The molecule has 0 bridgehead atoms. The summed E-state index contributed by atoms with van der Waals surface area (Å²) in [5.41, 5.74) is 5.45. The molecule has 92 valence electrons. The van der Waals surface area contributed by atoms with E-state index >= 15 is 0 Å². The number of thiophene rings is 1. The summed E-state index contributed by atoms with van der Waals surface area (Å²) in [6.07, 6.45) is 0.959. The molecule has 0 aliphatic heterocycles. The molecule has 1 rings (SSSR count). The highest BCUT2D eigenvalue weighted by molar-refractivity contribution is 7.91. The van der Waals surface area contributed by atoms with Gasteiger partial charge in [0.2, 0.25) is 10.0 Å². The van der Waals surface area contributed by atoms with Crippen molar-refractivity contribution < 1.29 is 8.42 Å². The maximum absolute atomic E-state index is 11.8. The van der Waals surface area contributed by atoms with Crippen molar-refractivity contribution in [3.05, 3.63) is 17.0 Å². The van der Waals surface area contributed by atoms with Crippen LogP contribution in [0.4, 0.5) is 0 Å². The average molecular weight is 262 g/mol. The van der Waals surface area contributed by atoms with E-state index in [1.54, 1.807) is 12.1 Å². The molecule has 1 unspecified atom stereocenters. The maximum Gasteiger partial charge on any atom is 0.250 e. The van der Waals surface area contributed by atoms with Crippen LogP contribution < -0.4 is 10.5 Å². The van der Waals surface area contributed by atoms with Crippen LogP contribution in [0.15, 0.2) is 16.3 Å². The molecule has 4 nitrogen and oxygen atoms in total. The second-order valence-electron chi connectivity index (χ2n) is 3.79. The number of nitrogens with one attached hydrogen (secondary N) is 1. The SMILES string of the molecule is CCC(C)CNS(=O)(=O)c1ccc(CN)s1. The van der Waals surface area contributed by atoms with Crippen molar-refractivity contribution in [2.45, 2.75) is 31.0 Å². The molecule has 6 heteroatoms. The molecule has 3 N–H and O–H groups in total. The van der Waals surface area contributed by atoms with Crippen LogP contribution in [0.25, 0.3) is 0 Å². The lowest BCUT2D eigenvalue weighted by Gasteiger charge is -2.09. The zero-order valence-corrected chi connectivity index (χ0v) is 11.2. The van der Waals surface area contributed by atoms with Crippen LogP contribution in [-0.2, 0) is 16.6 Å². The number of rotatable bonds is 6. The Morgan fingerprint density at radius 2 is 2.19 bits per heavy atom. The molecule has 0 saturated carbocycles. The average Bonchev–Trinajstić information content (AvgIpc) is 2.75. The standard InChI is InChI=1S/C10H18N2O2S2/c1-3-8(2)7-12-16(13,14)10-5-4-9(6-11)15-10/h4-5,8,12H,3,6-7,11H2,1-2H3. The highest BCUT2D eigenvalue weighted by Crippen LogP contribution is 2.20. The van der Waals surface area contributed by atoms with Crippen LogP contribution in [0.5, 0.6) is 0 Å². The second kappa shape index (κ2) is 5.77. The fraction of sp³-hybridized carbons (Fsp3) is 0.600. The van der Waals surface area contributed by atoms with E-state index < -0.39 is 10.0 Å². The monoisotopic (exact) mass is 262 g/mol. The van der Waals surface area contributed by atoms with Gasteiger partial charge in [0.15, 0.2) is 0 Å². The molecule has 0 aliphatic rings. The summed E-state index contributed by atoms with van der Waals surface area (Å²) in [7, 11) is -3.34. The Morgan fingerprint density at radius 1 is 1.50 bits per heavy atom. The van der Waals surface area contributed by atoms with Gasteiger partial charge < -0.3 is 5.73 Å². The predicted octanol–water partition coefficient (Wildman–Crippen LogP) is 1.53. The summed E-state index contributed by atoms with van der Waals surface area (Å²) in [6.45, 7) is 4.92. The van der Waals surface area contributed by atoms with E-state index in [9.17, 15) is 8.42 Å². The largest absolute Gasteiger partial charge is 0.326 e. The molecule has 0 spiro atoms. The van der Waals surface area contributed by atoms with Gasteiger partial charge in [-0.3, -0.25) is 0 Å². The predicted molar refractivity (Wildman–Crippen MR) is 66.9 cm³/mol. The minimum Gasteiger partial charge on any atom is -0.326 e. The molecule has 0 radical (unpaired) electrons. The first kappa shape index (κ1) is 13.6. The molecule has 0 amide bonds. The molecule has 1 atom stereocenters. The maximum atomic E-state index is 11.8. The highest BCUT2D eigenvalue weighted by atomic mass is 32.2. The van der Waals surface area contributed by atoms with Gasteiger partial charge in [-0.2, -0.15) is 0 Å². The quantitative estimate of drug-likeness (QED) is 0.816. The molecule has 1 aromatic rings. The van der Waals surface area contributed by atoms with Crippen LogP contribution in [-0.4, -0.2) is 15.0 Å². The van der Waals surface area contributed by atoms with Gasteiger partial charge in [0.1, 0.15) is 4.21 Å². The molecule has 0 aromatic carbocycles. The van der Waals surface area contributed by atoms with E-state index in [0.717, 1.165) is 11.3 Å². The smallest absolute Gasteiger partial charge is 0.250 e. The van der Waals surface area contributed by atoms with Gasteiger partial charge in [0, 0.05) is 18.0 Å². The first-order valence-corrected chi connectivity index (χ1v) is 7.58. The number of nitrogens with two attached hydrogens (primary N) is 1. The van der Waals surface area contributed by atoms with Crippen molar-refractivity contribution in [1.29, 1.82) is 0 Å². The molecule has 0 aliphatic carbocycles. The lowest BCUT2D eigenvalue weighted by molar-refractivity contribution is 0.529. The summed E-state index contributed by atoms with van der Waals surface area (Å²) in [5.74, 6) is 0.351. The fourth-order valence-electron chi connectivity index (χ4n) is 1.08. The summed E-state index contributed by atoms with van der Waals surface area (Å²) in [5, 5.41) is 0. The highest BCUT2D eigenvalue weighted by Gasteiger charge is 2.16. The molecule has 0 fully saturated rings. The Balaban J connectivity index is 2.70. The molecule has 16 heavy (non-hydrogen) atoms. The van der Waals surface area contributed by atoms with Gasteiger partial charge in [-0.05, 0) is 18.1 Å². The third-order valence-corrected chi connectivity index (χ3v) is 5.44. The number of hydrogen-bond acceptors (Lipinski definition) is 4. The molecular weight excluding hydrogens is 244 g/mol. The molecule has 0 saturated heterocycles. The summed E-state index contributed by atoms with van der Waals surface area (Å²) in [4.78, 5) is 0.879. The Hall–Kier alpha value is -0.430. The van der Waals surface area contributed by atoms with Gasteiger partial charge in [-0.1, -0.05) is 20.3 Å². The minimum atomic E-state index is -3.34. The zero-order chi connectivity index (χ0) is 12.2. The number of sulfonamides is 1. The lowest BCUT2D eigenvalue weighted by Crippen LogP contribution is -2.27. The topological polar surface area (TPSA) is 72.2 Å². The van der Waals surface area contributed by atoms with Crippen molar-refractivity contribution >= 4 is 21.4 Å². The summed E-state index contributed by atoms with van der Waals surface area (Å²) >= 11 is 1.22. The molecule has 1 heterocycles. The third kappa shape index (κ3) is 3.55. The summed E-state index contributed by atoms with van der Waals surface area (Å²) < 4.78 is 26.6. The minimum absolute atomic E-state index is 0.344. The van der Waals surface area contributed by atoms with Crippen molar-refractivity contribution in [3.63, 3.8) is 0 Å². The van der Waals surface area contributed by atoms with E-state index in [4.69, 9.17) is 5.73 Å². The van der Waals surface area contributed by atoms with Gasteiger partial charge >= 0.3 is 0 Å². The van der Waals surface area contributed by atoms with E-state index in [1.165, 1.54) is 11.3 Å². The first-order valence-electron chi connectivity index (χ1n) is 5.28. The van der Waals surface area contributed by atoms with Crippen LogP contribution in [0.1, 0.15) is 25.1 Å². The van der Waals surface area contributed by atoms with Crippen LogP contribution in [0, 0.1) is 5.92 Å². The van der Waals surface area contributed by atoms with Gasteiger partial charge in [0.05, 0.1) is 0 Å². The van der Waals surface area contributed by atoms with Gasteiger partial charge in [0.25, 0.3) is 0 Å². The number of hydrogen-bond donors (Lipinski definition) is 2. The zero-order valence-electron chi connectivity index (χ0n) is 9.56. The lowest BCUT2D eigenvalue weighted by atomic mass is 10.1. The molecule has 1 aromatic heterocycles. The Labute approximate surface area is 101 Å². The fourth-order valence-corrected chi connectivity index (χ4v) is 3.52. The Morgan fingerprint density at radius 3 is 2.69 bits per heavy atom. The van der Waals surface area contributed by atoms with Crippen LogP contribution >= 0.6 is 11.3 Å². The van der Waals surface area contributed by atoms with E-state index in [1.807, 2.05) is 13.8 Å². The van der Waals surface area contributed by atoms with Crippen molar-refractivity contribution in [1.82, 2.24) is 4.72 Å². The van der Waals surface area contributed by atoms with Crippen molar-refractivity contribution in [2.75, 3.05) is 6.54 Å². The second-order valence-corrected chi connectivity index (χ2v) is 6.95. The normalized spacial score (nSPS) is 13.9. The van der Waals surface area contributed by atoms with Gasteiger partial charge in [-0.25, -0.2) is 13.1 Å². The Kier molecular flexibility index (Phi) is 4.91. The van der Waals surface area contributed by atoms with E-state index in [2.05, 4.69) is 4.72 Å². The van der Waals surface area contributed by atoms with E-state index in [0.29, 0.717) is 23.2 Å². The Bertz CT molecular complexity index is 426. The van der Waals surface area contributed by atoms with Crippen LogP contribution in [0.2, 0.25) is 0 Å². The third-order valence-electron chi connectivity index (χ3n) is 2.42. The molecular formula is C10H18N2O2S2. The summed E-state index contributed by atoms with van der Waals surface area (Å²) in [6, 6.07) is 3.36. The van der Waals surface area contributed by atoms with E-state index in [-0.39, 0.29) is 0 Å². The van der Waals surface area contributed by atoms with Crippen molar-refractivity contribution in [3.8, 4) is 0 Å². The van der Waals surface area contributed by atoms with Crippen LogP contribution in [0.3, 0.4) is 0 Å². The van der Waals surface area contributed by atoms with Gasteiger partial charge in [-0.15, -0.1) is 11.3 Å².